The van der Waals surface area contributed by atoms with E-state index in [4.69, 9.17) is 0 Å². The van der Waals surface area contributed by atoms with E-state index in [1.807, 2.05) is 0 Å². The van der Waals surface area contributed by atoms with Crippen LogP contribution in [0.1, 0.15) is 31.9 Å². The third kappa shape index (κ3) is 4.60. The smallest absolute Gasteiger partial charge is 0.0113 e. The molecule has 2 heteroatoms. The van der Waals surface area contributed by atoms with E-state index >= 15 is 0 Å². The van der Waals surface area contributed by atoms with Gasteiger partial charge < -0.3 is 4.90 Å². The highest BCUT2D eigenvalue weighted by atomic mass is 15.3. The van der Waals surface area contributed by atoms with E-state index in [9.17, 15) is 0 Å². The lowest BCUT2D eigenvalue weighted by atomic mass is 9.98. The summed E-state index contributed by atoms with van der Waals surface area (Å²) >= 11 is 0. The van der Waals surface area contributed by atoms with Crippen molar-refractivity contribution < 1.29 is 0 Å². The van der Waals surface area contributed by atoms with Crippen LogP contribution in [0.3, 0.4) is 0 Å². The lowest BCUT2D eigenvalue weighted by Crippen LogP contribution is -2.48. The van der Waals surface area contributed by atoms with Gasteiger partial charge in [0.05, 0.1) is 0 Å². The van der Waals surface area contributed by atoms with Crippen molar-refractivity contribution in [1.82, 2.24) is 9.80 Å². The maximum Gasteiger partial charge on any atom is 0.0113 e. The molecule has 1 aromatic rings. The molecule has 0 aromatic heterocycles. The number of piperazine rings is 1. The molecule has 1 aliphatic heterocycles. The van der Waals surface area contributed by atoms with Crippen LogP contribution in [0.15, 0.2) is 24.3 Å². The van der Waals surface area contributed by atoms with Gasteiger partial charge in [0.15, 0.2) is 0 Å². The number of rotatable bonds is 5. The number of nitrogens with zero attached hydrogens (tertiary/aromatic N) is 2. The summed E-state index contributed by atoms with van der Waals surface area (Å²) in [6, 6.07) is 9.84. The van der Waals surface area contributed by atoms with E-state index in [0.29, 0.717) is 6.04 Å². The van der Waals surface area contributed by atoms with E-state index in [2.05, 4.69) is 61.9 Å². The van der Waals surface area contributed by atoms with Gasteiger partial charge in [0.2, 0.25) is 0 Å². The highest BCUT2D eigenvalue weighted by Crippen LogP contribution is 2.15. The molecule has 1 aliphatic rings. The molecule has 1 heterocycles. The van der Waals surface area contributed by atoms with E-state index in [0.717, 1.165) is 5.92 Å². The molecule has 0 radical (unpaired) electrons. The molecule has 1 saturated heterocycles. The Morgan fingerprint density at radius 1 is 0.950 bits per heavy atom. The number of hydrogen-bond donors (Lipinski definition) is 0. The van der Waals surface area contributed by atoms with Crippen molar-refractivity contribution in [2.75, 3.05) is 33.2 Å². The average Bonchev–Trinajstić information content (AvgIpc) is 2.39. The van der Waals surface area contributed by atoms with Gasteiger partial charge in [-0.25, -0.2) is 0 Å². The Kier molecular flexibility index (Phi) is 5.62. The molecule has 2 rings (SSSR count). The molecule has 1 unspecified atom stereocenters. The largest absolute Gasteiger partial charge is 0.304 e. The van der Waals surface area contributed by atoms with Crippen LogP contribution in [0.5, 0.6) is 0 Å². The minimum atomic E-state index is 0.651. The topological polar surface area (TPSA) is 6.48 Å². The molecule has 0 saturated carbocycles. The second kappa shape index (κ2) is 7.24. The van der Waals surface area contributed by atoms with Crippen LogP contribution < -0.4 is 0 Å². The Morgan fingerprint density at radius 2 is 1.55 bits per heavy atom. The summed E-state index contributed by atoms with van der Waals surface area (Å²) in [4.78, 5) is 5.06. The minimum Gasteiger partial charge on any atom is -0.304 e. The third-order valence-corrected chi connectivity index (χ3v) is 4.33. The highest BCUT2D eigenvalue weighted by molar-refractivity contribution is 5.24. The van der Waals surface area contributed by atoms with Crippen LogP contribution in [-0.2, 0) is 12.8 Å². The third-order valence-electron chi connectivity index (χ3n) is 4.33. The van der Waals surface area contributed by atoms with E-state index < -0.39 is 0 Å². The molecule has 0 aliphatic carbocycles. The van der Waals surface area contributed by atoms with Gasteiger partial charge in [0.25, 0.3) is 0 Å². The fraction of sp³-hybridized carbons (Fsp3) is 0.667. The fourth-order valence-corrected chi connectivity index (χ4v) is 3.09. The first-order chi connectivity index (χ1) is 9.54. The normalized spacial score (nSPS) is 19.4. The maximum atomic E-state index is 2.63. The van der Waals surface area contributed by atoms with Crippen molar-refractivity contribution in [3.63, 3.8) is 0 Å². The van der Waals surface area contributed by atoms with Crippen molar-refractivity contribution in [3.8, 4) is 0 Å². The Balaban J connectivity index is 1.92. The monoisotopic (exact) mass is 274 g/mol. The van der Waals surface area contributed by atoms with Crippen LogP contribution in [-0.4, -0.2) is 49.1 Å². The summed E-state index contributed by atoms with van der Waals surface area (Å²) in [5, 5.41) is 0. The summed E-state index contributed by atoms with van der Waals surface area (Å²) in [5.41, 5.74) is 2.98. The van der Waals surface area contributed by atoms with Crippen LogP contribution in [0, 0.1) is 5.92 Å². The Labute approximate surface area is 124 Å². The zero-order valence-electron chi connectivity index (χ0n) is 13.6. The zero-order chi connectivity index (χ0) is 14.5. The van der Waals surface area contributed by atoms with E-state index in [1.54, 1.807) is 0 Å². The first kappa shape index (κ1) is 15.5. The molecule has 1 fully saturated rings. The highest BCUT2D eigenvalue weighted by Gasteiger charge is 2.19. The first-order valence-electron chi connectivity index (χ1n) is 8.05. The summed E-state index contributed by atoms with van der Waals surface area (Å²) in [6.45, 7) is 11.8. The van der Waals surface area contributed by atoms with Gasteiger partial charge in [0, 0.05) is 32.2 Å². The van der Waals surface area contributed by atoms with Crippen LogP contribution in [0.2, 0.25) is 0 Å². The summed E-state index contributed by atoms with van der Waals surface area (Å²) in [6.07, 6.45) is 2.37. The van der Waals surface area contributed by atoms with Crippen molar-refractivity contribution >= 4 is 0 Å². The predicted octanol–water partition coefficient (Wildman–Crippen LogP) is 3.06. The lowest BCUT2D eigenvalue weighted by molar-refractivity contribution is 0.118. The molecule has 2 nitrogen and oxygen atoms in total. The minimum absolute atomic E-state index is 0.651. The number of hydrogen-bond acceptors (Lipinski definition) is 2. The molecular formula is C18H30N2. The van der Waals surface area contributed by atoms with Gasteiger partial charge >= 0.3 is 0 Å². The summed E-state index contributed by atoms with van der Waals surface area (Å²) in [5.74, 6) is 0.736. The van der Waals surface area contributed by atoms with Crippen molar-refractivity contribution in [2.24, 2.45) is 5.92 Å². The number of likely N-dealkylation sites (N-methyl/N-ethyl adjacent to an activating group) is 1. The van der Waals surface area contributed by atoms with Gasteiger partial charge in [-0.3, -0.25) is 4.90 Å². The Hall–Kier alpha value is -0.860. The summed E-state index contributed by atoms with van der Waals surface area (Å²) < 4.78 is 0. The fourth-order valence-electron chi connectivity index (χ4n) is 3.09. The molecular weight excluding hydrogens is 244 g/mol. The standard InChI is InChI=1S/C18H30N2/c1-15(2)12-17-6-5-7-18(14-17)13-16(3)20-10-8-19(4)9-11-20/h5-7,14-16H,8-13H2,1-4H3. The van der Waals surface area contributed by atoms with Crippen LogP contribution >= 0.6 is 0 Å². The van der Waals surface area contributed by atoms with Crippen molar-refractivity contribution in [1.29, 1.82) is 0 Å². The molecule has 0 spiro atoms. The molecule has 0 bridgehead atoms. The maximum absolute atomic E-state index is 2.63. The molecule has 1 atom stereocenters. The second-order valence-electron chi connectivity index (χ2n) is 6.81. The number of benzene rings is 1. The van der Waals surface area contributed by atoms with Gasteiger partial charge in [-0.15, -0.1) is 0 Å². The predicted molar refractivity (Wildman–Crippen MR) is 87.2 cm³/mol. The van der Waals surface area contributed by atoms with Crippen LogP contribution in [0.25, 0.3) is 0 Å². The quantitative estimate of drug-likeness (QED) is 0.814. The van der Waals surface area contributed by atoms with Gasteiger partial charge in [0.1, 0.15) is 0 Å². The van der Waals surface area contributed by atoms with Gasteiger partial charge in [-0.05, 0) is 43.9 Å². The van der Waals surface area contributed by atoms with Gasteiger partial charge in [-0.1, -0.05) is 38.1 Å². The average molecular weight is 274 g/mol. The Bertz CT molecular complexity index is 406. The molecule has 0 N–H and O–H groups in total. The van der Waals surface area contributed by atoms with Crippen molar-refractivity contribution in [3.05, 3.63) is 35.4 Å². The summed E-state index contributed by atoms with van der Waals surface area (Å²) in [7, 11) is 2.22. The van der Waals surface area contributed by atoms with Gasteiger partial charge in [-0.2, -0.15) is 0 Å². The molecule has 0 amide bonds. The van der Waals surface area contributed by atoms with Crippen molar-refractivity contribution in [2.45, 2.75) is 39.7 Å². The molecule has 20 heavy (non-hydrogen) atoms. The molecule has 112 valence electrons. The first-order valence-corrected chi connectivity index (χ1v) is 8.05. The lowest BCUT2D eigenvalue weighted by Gasteiger charge is -2.36. The zero-order valence-corrected chi connectivity index (χ0v) is 13.6. The van der Waals surface area contributed by atoms with E-state index in [1.165, 1.54) is 50.1 Å². The molecule has 1 aromatic carbocycles. The SMILES string of the molecule is CC(C)Cc1cccc(CC(C)N2CCN(C)CC2)c1. The second-order valence-corrected chi connectivity index (χ2v) is 6.81. The Morgan fingerprint density at radius 3 is 2.15 bits per heavy atom. The van der Waals surface area contributed by atoms with E-state index in [-0.39, 0.29) is 0 Å². The van der Waals surface area contributed by atoms with Crippen LogP contribution in [0.4, 0.5) is 0 Å².